The number of nitrogens with zero attached hydrogens (tertiary/aromatic N) is 1. The second kappa shape index (κ2) is 6.25. The number of fused-ring (bicyclic) bond motifs is 1. The minimum atomic E-state index is -4.90. The van der Waals surface area contributed by atoms with Crippen molar-refractivity contribution < 1.29 is 35.5 Å². The summed E-state index contributed by atoms with van der Waals surface area (Å²) in [5, 5.41) is 2.27. The first kappa shape index (κ1) is 18.7. The van der Waals surface area contributed by atoms with Crippen LogP contribution in [0.3, 0.4) is 0 Å². The highest BCUT2D eigenvalue weighted by Gasteiger charge is 2.35. The van der Waals surface area contributed by atoms with E-state index < -0.39 is 35.5 Å². The molecule has 11 heteroatoms. The largest absolute Gasteiger partial charge is 0.449 e. The first-order valence-corrected chi connectivity index (χ1v) is 7.20. The molecule has 0 fully saturated rings. The summed E-state index contributed by atoms with van der Waals surface area (Å²) in [6.45, 7) is 0. The van der Waals surface area contributed by atoms with Crippen molar-refractivity contribution in [3.05, 3.63) is 59.2 Å². The number of imidazole rings is 1. The van der Waals surface area contributed by atoms with Gasteiger partial charge in [0, 0.05) is 11.3 Å². The third-order valence-corrected chi connectivity index (χ3v) is 3.54. The van der Waals surface area contributed by atoms with Crippen LogP contribution >= 0.6 is 0 Å². The van der Waals surface area contributed by atoms with Gasteiger partial charge in [-0.3, -0.25) is 4.79 Å². The number of H-pyrrole nitrogens is 1. The highest BCUT2D eigenvalue weighted by molar-refractivity contribution is 6.05. The third-order valence-electron chi connectivity index (χ3n) is 3.54. The van der Waals surface area contributed by atoms with Gasteiger partial charge in [0.25, 0.3) is 5.91 Å². The molecule has 0 aliphatic rings. The van der Waals surface area contributed by atoms with E-state index >= 15 is 0 Å². The number of carbonyl (C=O) groups is 1. The second-order valence-electron chi connectivity index (χ2n) is 5.46. The summed E-state index contributed by atoms with van der Waals surface area (Å²) < 4.78 is 89.0. The molecule has 0 atom stereocenters. The van der Waals surface area contributed by atoms with Crippen LogP contribution in [0, 0.1) is 5.82 Å². The number of amides is 1. The normalized spacial score (nSPS) is 12.4. The van der Waals surface area contributed by atoms with Gasteiger partial charge in [0.2, 0.25) is 5.82 Å². The van der Waals surface area contributed by atoms with Crippen molar-refractivity contribution in [2.24, 2.45) is 0 Å². The number of aromatic amines is 1. The van der Waals surface area contributed by atoms with Gasteiger partial charge in [-0.05, 0) is 36.4 Å². The van der Waals surface area contributed by atoms with E-state index in [0.29, 0.717) is 12.1 Å². The Labute approximate surface area is 146 Å². The van der Waals surface area contributed by atoms with Gasteiger partial charge in [-0.15, -0.1) is 0 Å². The third kappa shape index (κ3) is 3.86. The quantitative estimate of drug-likeness (QED) is 0.605. The number of hydrogen-bond donors (Lipinski definition) is 2. The van der Waals surface area contributed by atoms with Crippen LogP contribution in [-0.2, 0) is 12.4 Å². The SMILES string of the molecule is O=C(Nc1ccc2nc(C(F)(F)F)[nH]c2c1)c1ccc(C(F)(F)F)c(F)c1. The maximum atomic E-state index is 13.5. The molecule has 142 valence electrons. The van der Waals surface area contributed by atoms with Gasteiger partial charge in [-0.2, -0.15) is 26.3 Å². The zero-order valence-electron chi connectivity index (χ0n) is 13.0. The Bertz CT molecular complexity index is 1020. The standard InChI is InChI=1S/C16H8F7N3O/c17-10-5-7(1-3-9(10)15(18,19)20)13(27)24-8-2-4-11-12(6-8)26-14(25-11)16(21,22)23/h1-6H,(H,24,27)(H,25,26). The maximum Gasteiger partial charge on any atom is 0.449 e. The van der Waals surface area contributed by atoms with Gasteiger partial charge < -0.3 is 10.3 Å². The molecule has 1 amide bonds. The Morgan fingerprint density at radius 1 is 0.963 bits per heavy atom. The summed E-state index contributed by atoms with van der Waals surface area (Å²) in [4.78, 5) is 17.5. The molecule has 27 heavy (non-hydrogen) atoms. The lowest BCUT2D eigenvalue weighted by atomic mass is 10.1. The van der Waals surface area contributed by atoms with Crippen molar-refractivity contribution in [3.63, 3.8) is 0 Å². The summed E-state index contributed by atoms with van der Waals surface area (Å²) in [6.07, 6.45) is -9.58. The van der Waals surface area contributed by atoms with E-state index in [4.69, 9.17) is 0 Å². The maximum absolute atomic E-state index is 13.5. The van der Waals surface area contributed by atoms with Crippen molar-refractivity contribution in [1.82, 2.24) is 9.97 Å². The topological polar surface area (TPSA) is 57.8 Å². The van der Waals surface area contributed by atoms with Gasteiger partial charge in [-0.1, -0.05) is 0 Å². The van der Waals surface area contributed by atoms with Crippen LogP contribution in [0.5, 0.6) is 0 Å². The lowest BCUT2D eigenvalue weighted by molar-refractivity contribution is -0.144. The molecule has 0 aliphatic heterocycles. The van der Waals surface area contributed by atoms with E-state index in [2.05, 4.69) is 10.3 Å². The summed E-state index contributed by atoms with van der Waals surface area (Å²) in [7, 11) is 0. The number of rotatable bonds is 2. The fourth-order valence-corrected chi connectivity index (χ4v) is 2.31. The first-order chi connectivity index (χ1) is 12.4. The van der Waals surface area contributed by atoms with E-state index in [9.17, 15) is 35.5 Å². The summed E-state index contributed by atoms with van der Waals surface area (Å²) in [6, 6.07) is 5.27. The molecule has 2 N–H and O–H groups in total. The smallest absolute Gasteiger partial charge is 0.334 e. The van der Waals surface area contributed by atoms with Crippen LogP contribution < -0.4 is 5.32 Å². The zero-order valence-corrected chi connectivity index (χ0v) is 13.0. The molecule has 1 heterocycles. The summed E-state index contributed by atoms with van der Waals surface area (Å²) in [5.74, 6) is -3.77. The number of hydrogen-bond acceptors (Lipinski definition) is 2. The average molecular weight is 391 g/mol. The number of nitrogens with one attached hydrogen (secondary N) is 2. The van der Waals surface area contributed by atoms with Crippen molar-refractivity contribution in [1.29, 1.82) is 0 Å². The van der Waals surface area contributed by atoms with Gasteiger partial charge in [0.1, 0.15) is 5.82 Å². The minimum Gasteiger partial charge on any atom is -0.334 e. The number of aromatic nitrogens is 2. The molecule has 0 radical (unpaired) electrons. The lowest BCUT2D eigenvalue weighted by Gasteiger charge is -2.10. The number of halogens is 7. The van der Waals surface area contributed by atoms with E-state index in [0.717, 1.165) is 12.1 Å². The van der Waals surface area contributed by atoms with Crippen LogP contribution in [0.25, 0.3) is 11.0 Å². The van der Waals surface area contributed by atoms with Gasteiger partial charge in [0.15, 0.2) is 0 Å². The summed E-state index contributed by atoms with van der Waals surface area (Å²) in [5.41, 5.74) is -1.87. The van der Waals surface area contributed by atoms with Crippen molar-refractivity contribution in [2.45, 2.75) is 12.4 Å². The molecule has 4 nitrogen and oxygen atoms in total. The number of benzene rings is 2. The molecule has 2 aromatic carbocycles. The minimum absolute atomic E-state index is 0.000832. The second-order valence-corrected chi connectivity index (χ2v) is 5.46. The molecule has 3 aromatic rings. The van der Waals surface area contributed by atoms with Crippen molar-refractivity contribution >= 4 is 22.6 Å². The molecular formula is C16H8F7N3O. The van der Waals surface area contributed by atoms with E-state index in [1.165, 1.54) is 12.1 Å². The van der Waals surface area contributed by atoms with E-state index in [1.807, 2.05) is 4.98 Å². The molecule has 0 spiro atoms. The highest BCUT2D eigenvalue weighted by Crippen LogP contribution is 2.32. The number of alkyl halides is 6. The van der Waals surface area contributed by atoms with Crippen molar-refractivity contribution in [2.75, 3.05) is 5.32 Å². The van der Waals surface area contributed by atoms with Crippen LogP contribution in [0.15, 0.2) is 36.4 Å². The Morgan fingerprint density at radius 3 is 2.26 bits per heavy atom. The Hall–Kier alpha value is -3.11. The van der Waals surface area contributed by atoms with Crippen LogP contribution in [0.1, 0.15) is 21.7 Å². The highest BCUT2D eigenvalue weighted by atomic mass is 19.4. The van der Waals surface area contributed by atoms with Crippen LogP contribution in [-0.4, -0.2) is 15.9 Å². The van der Waals surface area contributed by atoms with Crippen LogP contribution in [0.4, 0.5) is 36.4 Å². The van der Waals surface area contributed by atoms with E-state index in [-0.39, 0.29) is 22.3 Å². The number of anilines is 1. The molecule has 0 aliphatic carbocycles. The lowest BCUT2D eigenvalue weighted by Crippen LogP contribution is -2.14. The molecule has 1 aromatic heterocycles. The zero-order chi connectivity index (χ0) is 20.0. The molecule has 0 unspecified atom stereocenters. The molecular weight excluding hydrogens is 383 g/mol. The van der Waals surface area contributed by atoms with Gasteiger partial charge in [0.05, 0.1) is 16.6 Å². The Balaban J connectivity index is 1.84. The molecule has 0 saturated carbocycles. The molecule has 3 rings (SSSR count). The van der Waals surface area contributed by atoms with Crippen molar-refractivity contribution in [3.8, 4) is 0 Å². The Morgan fingerprint density at radius 2 is 1.67 bits per heavy atom. The number of carbonyl (C=O) groups excluding carboxylic acids is 1. The monoisotopic (exact) mass is 391 g/mol. The van der Waals surface area contributed by atoms with Crippen LogP contribution in [0.2, 0.25) is 0 Å². The molecule has 0 saturated heterocycles. The molecule has 0 bridgehead atoms. The predicted octanol–water partition coefficient (Wildman–Crippen LogP) is 4.99. The fourth-order valence-electron chi connectivity index (χ4n) is 2.31. The first-order valence-electron chi connectivity index (χ1n) is 7.20. The summed E-state index contributed by atoms with van der Waals surface area (Å²) >= 11 is 0. The van der Waals surface area contributed by atoms with Gasteiger partial charge in [-0.25, -0.2) is 9.37 Å². The average Bonchev–Trinajstić information content (AvgIpc) is 2.97. The van der Waals surface area contributed by atoms with E-state index in [1.54, 1.807) is 0 Å². The van der Waals surface area contributed by atoms with Gasteiger partial charge >= 0.3 is 12.4 Å². The predicted molar refractivity (Wildman–Crippen MR) is 80.5 cm³/mol. The Kier molecular flexibility index (Phi) is 4.32. The fraction of sp³-hybridized carbons (Fsp3) is 0.125.